The van der Waals surface area contributed by atoms with Gasteiger partial charge in [0.1, 0.15) is 0 Å². The monoisotopic (exact) mass is 320 g/mol. The summed E-state index contributed by atoms with van der Waals surface area (Å²) in [6, 6.07) is 5.25. The van der Waals surface area contributed by atoms with Crippen LogP contribution >= 0.6 is 41.9 Å². The number of rotatable bonds is 2. The van der Waals surface area contributed by atoms with Crippen molar-refractivity contribution in [2.24, 2.45) is 0 Å². The first-order valence-electron chi connectivity index (χ1n) is 6.26. The Kier molecular flexibility index (Phi) is 3.43. The Labute approximate surface area is 123 Å². The van der Waals surface area contributed by atoms with Gasteiger partial charge in [-0.3, -0.25) is 0 Å². The van der Waals surface area contributed by atoms with Gasteiger partial charge >= 0.3 is 123 Å². The van der Waals surface area contributed by atoms with E-state index in [1.807, 2.05) is 0 Å². The average Bonchev–Trinajstić information content (AvgIpc) is 2.84. The summed E-state index contributed by atoms with van der Waals surface area (Å²) in [5.74, 6) is 0. The van der Waals surface area contributed by atoms with E-state index in [2.05, 4.69) is 0 Å². The van der Waals surface area contributed by atoms with Gasteiger partial charge in [0.05, 0.1) is 0 Å². The zero-order chi connectivity index (χ0) is 12.9. The third kappa shape index (κ3) is 1.77. The van der Waals surface area contributed by atoms with Crippen LogP contribution in [0.3, 0.4) is 0 Å². The molecule has 1 nitrogen and oxygen atoms in total. The van der Waals surface area contributed by atoms with E-state index in [4.69, 9.17) is 35.5 Å². The van der Waals surface area contributed by atoms with Crippen LogP contribution in [0.4, 0.5) is 0 Å². The van der Waals surface area contributed by atoms with Crippen LogP contribution in [-0.4, -0.2) is 16.8 Å². The first-order chi connectivity index (χ1) is 8.55. The quantitative estimate of drug-likeness (QED) is 0.595. The predicted octanol–water partition coefficient (Wildman–Crippen LogP) is 5.05. The molecule has 2 bridgehead atoms. The van der Waals surface area contributed by atoms with Crippen molar-refractivity contribution in [3.8, 4) is 0 Å². The third-order valence-corrected chi connectivity index (χ3v) is 12.6. The van der Waals surface area contributed by atoms with Crippen LogP contribution in [0.15, 0.2) is 18.2 Å². The summed E-state index contributed by atoms with van der Waals surface area (Å²) in [6.07, 6.45) is 4.64. The van der Waals surface area contributed by atoms with E-state index < -0.39 is 6.46 Å². The molecule has 2 aliphatic heterocycles. The second-order valence-electron chi connectivity index (χ2n) is 5.30. The van der Waals surface area contributed by atoms with Crippen LogP contribution in [0, 0.1) is 0 Å². The summed E-state index contributed by atoms with van der Waals surface area (Å²) in [5.41, 5.74) is 1.71. The normalized spacial score (nSPS) is 30.4. The summed E-state index contributed by atoms with van der Waals surface area (Å²) in [6.45, 7) is -2.20. The van der Waals surface area contributed by atoms with Gasteiger partial charge in [-0.25, -0.2) is 0 Å². The molecule has 0 saturated carbocycles. The number of benzene rings is 1. The SMILES string of the molecule is O=C(c1c(Cl)cccc1Cl)[PH]1(S)C2CCC1CC2. The Bertz CT molecular complexity index is 479. The van der Waals surface area contributed by atoms with Gasteiger partial charge < -0.3 is 0 Å². The maximum atomic E-state index is 12.9. The molecule has 0 N–H and O–H groups in total. The zero-order valence-electron chi connectivity index (χ0n) is 9.83. The molecule has 2 aliphatic rings. The van der Waals surface area contributed by atoms with E-state index in [9.17, 15) is 4.79 Å². The van der Waals surface area contributed by atoms with Gasteiger partial charge in [0.2, 0.25) is 0 Å². The molecule has 18 heavy (non-hydrogen) atoms. The van der Waals surface area contributed by atoms with Crippen molar-refractivity contribution >= 4 is 47.4 Å². The number of carbonyl (C=O) groups is 1. The molecule has 0 atom stereocenters. The summed E-state index contributed by atoms with van der Waals surface area (Å²) in [4.78, 5) is 12.9. The number of halogens is 2. The number of fused-ring (bicyclic) bond motifs is 2. The van der Waals surface area contributed by atoms with Crippen molar-refractivity contribution in [3.63, 3.8) is 0 Å². The molecule has 0 radical (unpaired) electrons. The summed E-state index contributed by atoms with van der Waals surface area (Å²) < 4.78 is 0. The van der Waals surface area contributed by atoms with E-state index in [0.717, 1.165) is 25.7 Å². The van der Waals surface area contributed by atoms with Crippen LogP contribution in [0.5, 0.6) is 0 Å². The molecule has 2 saturated heterocycles. The summed E-state index contributed by atoms with van der Waals surface area (Å²) >= 11 is 17.2. The third-order valence-electron chi connectivity index (χ3n) is 4.53. The van der Waals surface area contributed by atoms with Crippen LogP contribution in [0.25, 0.3) is 0 Å². The van der Waals surface area contributed by atoms with Gasteiger partial charge in [-0.2, -0.15) is 0 Å². The molecule has 98 valence electrons. The van der Waals surface area contributed by atoms with Crippen molar-refractivity contribution in [1.29, 1.82) is 0 Å². The molecule has 1 aromatic carbocycles. The van der Waals surface area contributed by atoms with Gasteiger partial charge in [0.25, 0.3) is 0 Å². The van der Waals surface area contributed by atoms with E-state index in [0.29, 0.717) is 26.9 Å². The molecular formula is C13H15Cl2OPS. The van der Waals surface area contributed by atoms with Crippen molar-refractivity contribution in [2.75, 3.05) is 0 Å². The Morgan fingerprint density at radius 1 is 1.11 bits per heavy atom. The van der Waals surface area contributed by atoms with Crippen molar-refractivity contribution in [1.82, 2.24) is 0 Å². The fourth-order valence-corrected chi connectivity index (χ4v) is 10.7. The van der Waals surface area contributed by atoms with Gasteiger partial charge in [-0.15, -0.1) is 0 Å². The number of hydrogen-bond acceptors (Lipinski definition) is 2. The molecule has 0 spiro atoms. The average molecular weight is 321 g/mol. The zero-order valence-corrected chi connectivity index (χ0v) is 13.2. The molecule has 0 aromatic heterocycles. The maximum absolute atomic E-state index is 12.9. The molecule has 5 heteroatoms. The Hall–Kier alpha value is 0.250. The topological polar surface area (TPSA) is 17.1 Å². The van der Waals surface area contributed by atoms with E-state index in [-0.39, 0.29) is 5.52 Å². The molecule has 2 heterocycles. The number of hydrogen-bond donors (Lipinski definition) is 1. The van der Waals surface area contributed by atoms with E-state index in [1.54, 1.807) is 18.2 Å². The Morgan fingerprint density at radius 2 is 1.56 bits per heavy atom. The minimum absolute atomic E-state index is 0.159. The van der Waals surface area contributed by atoms with Gasteiger partial charge in [0.15, 0.2) is 0 Å². The molecule has 1 aromatic rings. The number of thiol groups is 1. The standard InChI is InChI=1S/C13H15Cl2OPS/c14-10-2-1-3-11(15)12(10)13(16)17(18)8-4-5-9(17)7-6-8/h1-3,8-9,17-18H,4-7H2. The molecule has 0 aliphatic carbocycles. The van der Waals surface area contributed by atoms with Crippen molar-refractivity contribution < 1.29 is 4.79 Å². The minimum atomic E-state index is -2.20. The fraction of sp³-hybridized carbons (Fsp3) is 0.462. The van der Waals surface area contributed by atoms with Crippen molar-refractivity contribution in [3.05, 3.63) is 33.8 Å². The summed E-state index contributed by atoms with van der Waals surface area (Å²) in [7, 11) is 0. The first-order valence-corrected chi connectivity index (χ1v) is 10.5. The molecule has 3 rings (SSSR count). The van der Waals surface area contributed by atoms with E-state index in [1.165, 1.54) is 0 Å². The molecule has 0 amide bonds. The predicted molar refractivity (Wildman–Crippen MR) is 84.1 cm³/mol. The second-order valence-corrected chi connectivity index (χ2v) is 12.1. The molecule has 0 unspecified atom stereocenters. The second kappa shape index (κ2) is 4.66. The van der Waals surface area contributed by atoms with Crippen molar-refractivity contribution in [2.45, 2.75) is 37.0 Å². The van der Waals surface area contributed by atoms with Gasteiger partial charge in [0, 0.05) is 0 Å². The Balaban J connectivity index is 2.06. The molecule has 2 fully saturated rings. The van der Waals surface area contributed by atoms with Crippen LogP contribution in [-0.2, 0) is 0 Å². The van der Waals surface area contributed by atoms with Gasteiger partial charge in [-0.1, -0.05) is 0 Å². The van der Waals surface area contributed by atoms with Gasteiger partial charge in [-0.05, 0) is 0 Å². The van der Waals surface area contributed by atoms with Crippen LogP contribution in [0.2, 0.25) is 10.0 Å². The van der Waals surface area contributed by atoms with Crippen LogP contribution < -0.4 is 0 Å². The first kappa shape index (κ1) is 13.2. The summed E-state index contributed by atoms with van der Waals surface area (Å²) in [5, 5.41) is 0.944. The number of carbonyl (C=O) groups excluding carboxylic acids is 1. The molecular weight excluding hydrogens is 306 g/mol. The fourth-order valence-electron chi connectivity index (χ4n) is 3.59. The van der Waals surface area contributed by atoms with E-state index >= 15 is 0 Å². The van der Waals surface area contributed by atoms with Crippen LogP contribution in [0.1, 0.15) is 36.0 Å². The Morgan fingerprint density at radius 3 is 2.00 bits per heavy atom.